The summed E-state index contributed by atoms with van der Waals surface area (Å²) in [7, 11) is 0. The zero-order valence-electron chi connectivity index (χ0n) is 4.48. The molecule has 0 aromatic carbocycles. The Labute approximate surface area is 50.9 Å². The highest BCUT2D eigenvalue weighted by Crippen LogP contribution is 1.83. The van der Waals surface area contributed by atoms with Gasteiger partial charge < -0.3 is 5.73 Å². The highest BCUT2D eigenvalue weighted by molar-refractivity contribution is 5.90. The van der Waals surface area contributed by atoms with Crippen molar-refractivity contribution in [2.24, 2.45) is 5.73 Å². The molecule has 1 aromatic rings. The van der Waals surface area contributed by atoms with E-state index in [4.69, 9.17) is 5.73 Å². The maximum absolute atomic E-state index is 10.3. The molecule has 2 N–H and O–H groups in total. The van der Waals surface area contributed by atoms with Crippen LogP contribution in [0.25, 0.3) is 0 Å². The lowest BCUT2D eigenvalue weighted by atomic mass is 10.4. The fourth-order valence-corrected chi connectivity index (χ4v) is 0.372. The number of hydrogen-bond donors (Lipinski definition) is 1. The number of nitrogens with zero attached hydrogens (tertiary/aromatic N) is 3. The number of carbonyl (C=O) groups is 1. The van der Waals surface area contributed by atoms with E-state index in [0.29, 0.717) is 0 Å². The molecule has 1 rings (SSSR count). The van der Waals surface area contributed by atoms with Crippen LogP contribution in [-0.2, 0) is 0 Å². The molecule has 1 amide bonds. The highest BCUT2D eigenvalue weighted by Gasteiger charge is 1.98. The van der Waals surface area contributed by atoms with Crippen molar-refractivity contribution in [3.63, 3.8) is 0 Å². The smallest absolute Gasteiger partial charge is 0.269 e. The van der Waals surface area contributed by atoms with Crippen molar-refractivity contribution < 1.29 is 4.79 Å². The van der Waals surface area contributed by atoms with Gasteiger partial charge in [-0.1, -0.05) is 0 Å². The summed E-state index contributed by atoms with van der Waals surface area (Å²) in [5.41, 5.74) is 4.97. The molecular weight excluding hydrogens is 120 g/mol. The van der Waals surface area contributed by atoms with E-state index < -0.39 is 5.91 Å². The zero-order valence-corrected chi connectivity index (χ0v) is 4.48. The van der Waals surface area contributed by atoms with E-state index in [2.05, 4.69) is 15.4 Å². The van der Waals surface area contributed by atoms with E-state index in [1.54, 1.807) is 0 Å². The average molecular weight is 124 g/mol. The second kappa shape index (κ2) is 2.17. The van der Waals surface area contributed by atoms with Crippen molar-refractivity contribution in [3.05, 3.63) is 18.0 Å². The normalized spacial score (nSPS) is 8.89. The standard InChI is InChI=1S/C4H4N4O/c5-4(9)3-1-2-6-8-7-3/h1-2H,(H2,5,9). The number of hydrogen-bond acceptors (Lipinski definition) is 4. The Balaban J connectivity index is 2.98. The van der Waals surface area contributed by atoms with E-state index in [0.717, 1.165) is 0 Å². The molecule has 0 spiro atoms. The van der Waals surface area contributed by atoms with Gasteiger partial charge in [0.25, 0.3) is 5.91 Å². The quantitative estimate of drug-likeness (QED) is 0.519. The third-order valence-electron chi connectivity index (χ3n) is 0.756. The maximum Gasteiger partial charge on any atom is 0.269 e. The molecule has 1 aromatic heterocycles. The van der Waals surface area contributed by atoms with Crippen LogP contribution in [0.3, 0.4) is 0 Å². The van der Waals surface area contributed by atoms with E-state index in [9.17, 15) is 4.79 Å². The first-order valence-electron chi connectivity index (χ1n) is 2.25. The van der Waals surface area contributed by atoms with E-state index in [1.165, 1.54) is 12.3 Å². The summed E-state index contributed by atoms with van der Waals surface area (Å²) >= 11 is 0. The Morgan fingerprint density at radius 2 is 2.44 bits per heavy atom. The van der Waals surface area contributed by atoms with Crippen LogP contribution in [0.2, 0.25) is 0 Å². The van der Waals surface area contributed by atoms with Crippen LogP contribution < -0.4 is 5.73 Å². The van der Waals surface area contributed by atoms with Crippen LogP contribution in [0, 0.1) is 0 Å². The second-order valence-electron chi connectivity index (χ2n) is 1.37. The van der Waals surface area contributed by atoms with Crippen LogP contribution in [0.5, 0.6) is 0 Å². The fourth-order valence-electron chi connectivity index (χ4n) is 0.372. The van der Waals surface area contributed by atoms with Crippen molar-refractivity contribution in [2.75, 3.05) is 0 Å². The summed E-state index contributed by atoms with van der Waals surface area (Å²) in [6, 6.07) is 1.40. The molecule has 46 valence electrons. The van der Waals surface area contributed by atoms with Crippen LogP contribution >= 0.6 is 0 Å². The lowest BCUT2D eigenvalue weighted by molar-refractivity contribution is 0.0994. The molecule has 1 heterocycles. The van der Waals surface area contributed by atoms with E-state index >= 15 is 0 Å². The highest BCUT2D eigenvalue weighted by atomic mass is 16.1. The number of nitrogens with two attached hydrogens (primary N) is 1. The molecule has 0 radical (unpaired) electrons. The molecular formula is C4H4N4O. The van der Waals surface area contributed by atoms with Gasteiger partial charge in [0.2, 0.25) is 0 Å². The molecule has 0 saturated heterocycles. The van der Waals surface area contributed by atoms with Crippen molar-refractivity contribution in [2.45, 2.75) is 0 Å². The zero-order chi connectivity index (χ0) is 6.69. The van der Waals surface area contributed by atoms with Gasteiger partial charge in [-0.05, 0) is 11.3 Å². The van der Waals surface area contributed by atoms with Gasteiger partial charge in [-0.25, -0.2) is 0 Å². The molecule has 0 saturated carbocycles. The first-order chi connectivity index (χ1) is 4.30. The molecule has 0 bridgehead atoms. The molecule has 0 atom stereocenters. The predicted octanol–water partition coefficient (Wildman–Crippen LogP) is -1.03. The monoisotopic (exact) mass is 124 g/mol. The Bertz CT molecular complexity index is 209. The Hall–Kier alpha value is -1.52. The van der Waals surface area contributed by atoms with Crippen LogP contribution in [-0.4, -0.2) is 21.3 Å². The van der Waals surface area contributed by atoms with Gasteiger partial charge in [-0.15, -0.1) is 10.2 Å². The van der Waals surface area contributed by atoms with Gasteiger partial charge in [-0.3, -0.25) is 4.79 Å². The Morgan fingerprint density at radius 3 is 2.78 bits per heavy atom. The van der Waals surface area contributed by atoms with Crippen molar-refractivity contribution >= 4 is 5.91 Å². The molecule has 0 aliphatic rings. The Kier molecular flexibility index (Phi) is 1.35. The minimum absolute atomic E-state index is 0.130. The largest absolute Gasteiger partial charge is 0.364 e. The average Bonchev–Trinajstić information content (AvgIpc) is 1.90. The van der Waals surface area contributed by atoms with Crippen molar-refractivity contribution in [1.82, 2.24) is 15.4 Å². The minimum atomic E-state index is -0.593. The second-order valence-corrected chi connectivity index (χ2v) is 1.37. The summed E-state index contributed by atoms with van der Waals surface area (Å²) in [5.74, 6) is -0.593. The summed E-state index contributed by atoms with van der Waals surface area (Å²) in [4.78, 5) is 10.3. The van der Waals surface area contributed by atoms with Crippen molar-refractivity contribution in [1.29, 1.82) is 0 Å². The van der Waals surface area contributed by atoms with Gasteiger partial charge in [-0.2, -0.15) is 0 Å². The van der Waals surface area contributed by atoms with Crippen LogP contribution in [0.4, 0.5) is 0 Å². The molecule has 9 heavy (non-hydrogen) atoms. The van der Waals surface area contributed by atoms with Gasteiger partial charge >= 0.3 is 0 Å². The van der Waals surface area contributed by atoms with E-state index in [-0.39, 0.29) is 5.69 Å². The molecule has 5 heteroatoms. The van der Waals surface area contributed by atoms with Gasteiger partial charge in [0.05, 0.1) is 6.20 Å². The first-order valence-corrected chi connectivity index (χ1v) is 2.25. The summed E-state index contributed by atoms with van der Waals surface area (Å²) in [5, 5.41) is 9.91. The van der Waals surface area contributed by atoms with Crippen LogP contribution in [0.15, 0.2) is 12.3 Å². The first kappa shape index (κ1) is 5.61. The van der Waals surface area contributed by atoms with E-state index in [1.807, 2.05) is 0 Å². The molecule has 0 fully saturated rings. The number of amides is 1. The maximum atomic E-state index is 10.3. The van der Waals surface area contributed by atoms with Crippen molar-refractivity contribution in [3.8, 4) is 0 Å². The summed E-state index contributed by atoms with van der Waals surface area (Å²) in [6.07, 6.45) is 1.35. The SMILES string of the molecule is NC(=O)c1ccnnn1. The number of rotatable bonds is 1. The fraction of sp³-hybridized carbons (Fsp3) is 0. The molecule has 5 nitrogen and oxygen atoms in total. The number of primary amides is 1. The summed E-state index contributed by atoms with van der Waals surface area (Å²) < 4.78 is 0. The number of aromatic nitrogens is 3. The minimum Gasteiger partial charge on any atom is -0.364 e. The summed E-state index contributed by atoms with van der Waals surface area (Å²) in [6.45, 7) is 0. The lowest BCUT2D eigenvalue weighted by Gasteiger charge is -1.86. The molecule has 0 unspecified atom stereocenters. The lowest BCUT2D eigenvalue weighted by Crippen LogP contribution is -2.13. The van der Waals surface area contributed by atoms with Gasteiger partial charge in [0.1, 0.15) is 0 Å². The predicted molar refractivity (Wildman–Crippen MR) is 28.3 cm³/mol. The Morgan fingerprint density at radius 1 is 1.67 bits per heavy atom. The van der Waals surface area contributed by atoms with Gasteiger partial charge in [0.15, 0.2) is 5.69 Å². The third kappa shape index (κ3) is 1.18. The molecule has 0 aliphatic carbocycles. The van der Waals surface area contributed by atoms with Gasteiger partial charge in [0, 0.05) is 0 Å². The topological polar surface area (TPSA) is 81.8 Å². The van der Waals surface area contributed by atoms with Crippen LogP contribution in [0.1, 0.15) is 10.5 Å². The number of carbonyl (C=O) groups excluding carboxylic acids is 1. The molecule has 0 aliphatic heterocycles. The third-order valence-corrected chi connectivity index (χ3v) is 0.756.